The van der Waals surface area contributed by atoms with Gasteiger partial charge >= 0.3 is 0 Å². The maximum absolute atomic E-state index is 6.53. The maximum atomic E-state index is 6.53. The molecule has 1 aromatic rings. The van der Waals surface area contributed by atoms with E-state index < -0.39 is 0 Å². The van der Waals surface area contributed by atoms with Crippen LogP contribution in [-0.4, -0.2) is 28.5 Å². The monoisotopic (exact) mass is 259 g/mol. The second-order valence-corrected chi connectivity index (χ2v) is 7.22. The number of hydrogen-bond acceptors (Lipinski definition) is 3. The predicted molar refractivity (Wildman–Crippen MR) is 77.9 cm³/mol. The Morgan fingerprint density at radius 1 is 1.32 bits per heavy atom. The Balaban J connectivity index is 1.79. The fourth-order valence-corrected chi connectivity index (χ4v) is 3.77. The van der Waals surface area contributed by atoms with E-state index in [0.717, 1.165) is 25.2 Å². The summed E-state index contributed by atoms with van der Waals surface area (Å²) in [5.41, 5.74) is 9.58. The number of nitrogens with two attached hydrogens (primary N) is 1. The Morgan fingerprint density at radius 3 is 2.58 bits per heavy atom. The minimum absolute atomic E-state index is 0.130. The lowest BCUT2D eigenvalue weighted by molar-refractivity contribution is 0.0341. The summed E-state index contributed by atoms with van der Waals surface area (Å²) in [4.78, 5) is 7.10. The van der Waals surface area contributed by atoms with Crippen molar-refractivity contribution >= 4 is 0 Å². The Bertz CT molecular complexity index is 467. The molecule has 2 N–H and O–H groups in total. The van der Waals surface area contributed by atoms with E-state index in [1.54, 1.807) is 0 Å². The van der Waals surface area contributed by atoms with Gasteiger partial charge in [-0.15, -0.1) is 0 Å². The van der Waals surface area contributed by atoms with Gasteiger partial charge in [-0.2, -0.15) is 0 Å². The summed E-state index contributed by atoms with van der Waals surface area (Å²) < 4.78 is 0. The zero-order chi connectivity index (χ0) is 13.7. The third-order valence-corrected chi connectivity index (χ3v) is 5.13. The number of pyridine rings is 1. The van der Waals surface area contributed by atoms with Crippen LogP contribution in [0.25, 0.3) is 0 Å². The van der Waals surface area contributed by atoms with Crippen molar-refractivity contribution in [3.05, 3.63) is 29.6 Å². The van der Waals surface area contributed by atoms with Gasteiger partial charge in [0, 0.05) is 11.7 Å². The van der Waals surface area contributed by atoms with Crippen molar-refractivity contribution in [1.82, 2.24) is 9.88 Å². The number of nitrogens with zero attached hydrogens (tertiary/aromatic N) is 2. The highest BCUT2D eigenvalue weighted by atomic mass is 15.2. The van der Waals surface area contributed by atoms with Crippen molar-refractivity contribution in [3.63, 3.8) is 0 Å². The van der Waals surface area contributed by atoms with Crippen molar-refractivity contribution in [2.45, 2.75) is 51.6 Å². The average Bonchev–Trinajstić information content (AvgIpc) is 2.63. The molecule has 1 aliphatic heterocycles. The van der Waals surface area contributed by atoms with Gasteiger partial charge in [-0.25, -0.2) is 0 Å². The van der Waals surface area contributed by atoms with Crippen LogP contribution >= 0.6 is 0 Å². The lowest BCUT2D eigenvalue weighted by Gasteiger charge is -2.46. The van der Waals surface area contributed by atoms with Crippen LogP contribution in [0.2, 0.25) is 0 Å². The fraction of sp³-hybridized carbons (Fsp3) is 0.688. The molecule has 0 radical (unpaired) electrons. The molecule has 0 amide bonds. The molecule has 0 unspecified atom stereocenters. The first-order valence-corrected chi connectivity index (χ1v) is 7.37. The van der Waals surface area contributed by atoms with E-state index in [9.17, 15) is 0 Å². The molecule has 1 saturated heterocycles. The normalized spacial score (nSPS) is 26.6. The van der Waals surface area contributed by atoms with E-state index in [1.165, 1.54) is 18.4 Å². The van der Waals surface area contributed by atoms with Gasteiger partial charge in [0.25, 0.3) is 0 Å². The molecular weight excluding hydrogens is 234 g/mol. The van der Waals surface area contributed by atoms with Crippen LogP contribution in [0.15, 0.2) is 18.3 Å². The molecule has 1 aliphatic carbocycles. The fourth-order valence-electron chi connectivity index (χ4n) is 3.77. The van der Waals surface area contributed by atoms with Gasteiger partial charge in [0.15, 0.2) is 0 Å². The zero-order valence-corrected chi connectivity index (χ0v) is 12.3. The van der Waals surface area contributed by atoms with Gasteiger partial charge in [-0.05, 0) is 70.2 Å². The summed E-state index contributed by atoms with van der Waals surface area (Å²) in [7, 11) is 0. The van der Waals surface area contributed by atoms with Gasteiger partial charge in [0.05, 0.1) is 11.7 Å². The third-order valence-electron chi connectivity index (χ3n) is 5.13. The lowest BCUT2D eigenvalue weighted by Crippen LogP contribution is -2.51. The first-order chi connectivity index (χ1) is 8.92. The second-order valence-electron chi connectivity index (χ2n) is 7.22. The molecule has 3 heteroatoms. The Kier molecular flexibility index (Phi) is 2.95. The molecule has 1 spiro atoms. The first kappa shape index (κ1) is 13.1. The molecule has 104 valence electrons. The molecule has 1 fully saturated rings. The molecule has 2 heterocycles. The number of hydrogen-bond donors (Lipinski definition) is 1. The second kappa shape index (κ2) is 4.29. The molecule has 19 heavy (non-hydrogen) atoms. The minimum atomic E-state index is 0.130. The summed E-state index contributed by atoms with van der Waals surface area (Å²) in [5.74, 6) is 0. The SMILES string of the molecule is CC(C)(C)N1CCC2(CC1)Cc1cccnc1[C@H]2N. The van der Waals surface area contributed by atoms with Crippen molar-refractivity contribution < 1.29 is 0 Å². The Labute approximate surface area is 116 Å². The molecule has 2 aliphatic rings. The molecule has 3 rings (SSSR count). The summed E-state index contributed by atoms with van der Waals surface area (Å²) in [6.07, 6.45) is 5.39. The molecule has 1 atom stereocenters. The van der Waals surface area contributed by atoms with E-state index in [4.69, 9.17) is 5.73 Å². The smallest absolute Gasteiger partial charge is 0.0608 e. The van der Waals surface area contributed by atoms with Crippen LogP contribution in [0, 0.1) is 5.41 Å². The number of fused-ring (bicyclic) bond motifs is 1. The zero-order valence-electron chi connectivity index (χ0n) is 12.3. The van der Waals surface area contributed by atoms with Crippen molar-refractivity contribution in [2.24, 2.45) is 11.1 Å². The van der Waals surface area contributed by atoms with Crippen LogP contribution < -0.4 is 5.73 Å². The van der Waals surface area contributed by atoms with Crippen molar-refractivity contribution in [3.8, 4) is 0 Å². The maximum Gasteiger partial charge on any atom is 0.0608 e. The van der Waals surface area contributed by atoms with Crippen molar-refractivity contribution in [1.29, 1.82) is 0 Å². The first-order valence-electron chi connectivity index (χ1n) is 7.37. The largest absolute Gasteiger partial charge is 0.322 e. The van der Waals surface area contributed by atoms with Gasteiger partial charge in [-0.1, -0.05) is 6.07 Å². The molecule has 0 saturated carbocycles. The van der Waals surface area contributed by atoms with Gasteiger partial charge < -0.3 is 5.73 Å². The van der Waals surface area contributed by atoms with E-state index in [0.29, 0.717) is 0 Å². The van der Waals surface area contributed by atoms with Crippen LogP contribution in [0.3, 0.4) is 0 Å². The number of rotatable bonds is 0. The van der Waals surface area contributed by atoms with E-state index in [-0.39, 0.29) is 17.0 Å². The molecular formula is C16H25N3. The molecule has 1 aromatic heterocycles. The summed E-state index contributed by atoms with van der Waals surface area (Å²) >= 11 is 0. The Morgan fingerprint density at radius 2 is 2.00 bits per heavy atom. The summed E-state index contributed by atoms with van der Waals surface area (Å²) in [6, 6.07) is 4.37. The highest BCUT2D eigenvalue weighted by Crippen LogP contribution is 2.50. The van der Waals surface area contributed by atoms with E-state index in [2.05, 4.69) is 36.7 Å². The van der Waals surface area contributed by atoms with Gasteiger partial charge in [0.2, 0.25) is 0 Å². The minimum Gasteiger partial charge on any atom is -0.322 e. The van der Waals surface area contributed by atoms with Crippen LogP contribution in [-0.2, 0) is 6.42 Å². The van der Waals surface area contributed by atoms with E-state index >= 15 is 0 Å². The van der Waals surface area contributed by atoms with Gasteiger partial charge in [-0.3, -0.25) is 9.88 Å². The van der Waals surface area contributed by atoms with Crippen molar-refractivity contribution in [2.75, 3.05) is 13.1 Å². The highest BCUT2D eigenvalue weighted by molar-refractivity contribution is 5.32. The molecule has 0 aromatic carbocycles. The molecule has 0 bridgehead atoms. The van der Waals surface area contributed by atoms with Crippen LogP contribution in [0.1, 0.15) is 50.9 Å². The number of likely N-dealkylation sites (tertiary alicyclic amines) is 1. The number of aromatic nitrogens is 1. The van der Waals surface area contributed by atoms with Crippen LogP contribution in [0.5, 0.6) is 0 Å². The Hall–Kier alpha value is -0.930. The number of piperidine rings is 1. The standard InChI is InChI=1S/C16H25N3/c1-15(2,3)19-9-6-16(7-10-19)11-12-5-4-8-18-13(12)14(16)17/h4-5,8,14H,6-7,9-11,17H2,1-3H3/t14-/m1/s1. The highest BCUT2D eigenvalue weighted by Gasteiger charge is 2.47. The lowest BCUT2D eigenvalue weighted by atomic mass is 9.73. The summed E-state index contributed by atoms with van der Waals surface area (Å²) in [6.45, 7) is 9.22. The molecule has 3 nitrogen and oxygen atoms in total. The van der Waals surface area contributed by atoms with E-state index in [1.807, 2.05) is 12.3 Å². The van der Waals surface area contributed by atoms with Crippen LogP contribution in [0.4, 0.5) is 0 Å². The van der Waals surface area contributed by atoms with Gasteiger partial charge in [0.1, 0.15) is 0 Å². The quantitative estimate of drug-likeness (QED) is 0.778. The summed E-state index contributed by atoms with van der Waals surface area (Å²) in [5, 5.41) is 0. The predicted octanol–water partition coefficient (Wildman–Crippen LogP) is 2.52. The third kappa shape index (κ3) is 2.09. The topological polar surface area (TPSA) is 42.2 Å². The average molecular weight is 259 g/mol.